The van der Waals surface area contributed by atoms with Gasteiger partial charge >= 0.3 is 5.97 Å². The summed E-state index contributed by atoms with van der Waals surface area (Å²) in [6, 6.07) is 9.62. The summed E-state index contributed by atoms with van der Waals surface area (Å²) in [7, 11) is 1.64. The second-order valence-electron chi connectivity index (χ2n) is 11.1. The van der Waals surface area contributed by atoms with Crippen LogP contribution in [0.1, 0.15) is 77.0 Å². The number of nitrogens with zero attached hydrogens (tertiary/aromatic N) is 5. The van der Waals surface area contributed by atoms with Crippen molar-refractivity contribution >= 4 is 23.5 Å². The fourth-order valence-electron chi connectivity index (χ4n) is 5.14. The molecule has 0 saturated carbocycles. The number of carboxylic acid groups (broad SMARTS) is 1. The quantitative estimate of drug-likeness (QED) is 0.415. The highest BCUT2D eigenvalue weighted by Gasteiger charge is 2.38. The van der Waals surface area contributed by atoms with Crippen LogP contribution in [0.2, 0.25) is 0 Å². The van der Waals surface area contributed by atoms with Crippen LogP contribution in [-0.4, -0.2) is 69.1 Å². The predicted octanol–water partition coefficient (Wildman–Crippen LogP) is 4.67. The SMILES string of the molecule is COc1ccc(CNc2ncc(C(=O)N3CCN(c4cc(C)c(C(=O)O)c(C)n4)CC3(C)C)nc2C(C)C)cc1. The number of pyridine rings is 1. The molecule has 1 fully saturated rings. The number of aromatic carboxylic acids is 1. The molecule has 0 aliphatic carbocycles. The Hall–Kier alpha value is -4.21. The molecule has 1 aliphatic heterocycles. The number of carbonyl (C=O) groups excluding carboxylic acids is 1. The van der Waals surface area contributed by atoms with Gasteiger partial charge in [-0.1, -0.05) is 26.0 Å². The molecule has 10 heteroatoms. The summed E-state index contributed by atoms with van der Waals surface area (Å²) in [4.78, 5) is 43.2. The Bertz CT molecular complexity index is 1380. The third-order valence-corrected chi connectivity index (χ3v) is 7.25. The van der Waals surface area contributed by atoms with E-state index in [1.54, 1.807) is 27.2 Å². The number of rotatable bonds is 8. The van der Waals surface area contributed by atoms with E-state index in [2.05, 4.69) is 20.2 Å². The third-order valence-electron chi connectivity index (χ3n) is 7.25. The molecule has 10 nitrogen and oxygen atoms in total. The van der Waals surface area contributed by atoms with Crippen molar-refractivity contribution in [2.24, 2.45) is 0 Å². The number of aryl methyl sites for hydroxylation is 2. The van der Waals surface area contributed by atoms with Crippen molar-refractivity contribution in [3.05, 3.63) is 70.3 Å². The van der Waals surface area contributed by atoms with Gasteiger partial charge in [0.2, 0.25) is 0 Å². The minimum atomic E-state index is -0.978. The van der Waals surface area contributed by atoms with Gasteiger partial charge in [0, 0.05) is 26.2 Å². The Kier molecular flexibility index (Phi) is 8.27. The smallest absolute Gasteiger partial charge is 0.337 e. The predicted molar refractivity (Wildman–Crippen MR) is 154 cm³/mol. The highest BCUT2D eigenvalue weighted by molar-refractivity contribution is 5.93. The standard InChI is InChI=1S/C30H38N6O4/c1-18(2)26-27(31-15-21-8-10-22(40-7)11-9-21)32-16-23(34-26)28(37)36-13-12-35(17-30(36,5)6)24-14-19(3)25(29(38)39)20(4)33-24/h8-11,14,16,18H,12-13,15,17H2,1-7H3,(H,31,32)(H,38,39). The summed E-state index contributed by atoms with van der Waals surface area (Å²) in [6.45, 7) is 13.8. The molecular weight excluding hydrogens is 508 g/mol. The molecule has 1 aromatic carbocycles. The van der Waals surface area contributed by atoms with Gasteiger partial charge in [0.25, 0.3) is 5.91 Å². The van der Waals surface area contributed by atoms with E-state index in [1.807, 2.05) is 62.9 Å². The maximum Gasteiger partial charge on any atom is 0.337 e. The van der Waals surface area contributed by atoms with Gasteiger partial charge in [-0.25, -0.2) is 19.7 Å². The van der Waals surface area contributed by atoms with Crippen molar-refractivity contribution < 1.29 is 19.4 Å². The molecule has 1 saturated heterocycles. The summed E-state index contributed by atoms with van der Waals surface area (Å²) in [5.74, 6) is 1.10. The molecule has 0 spiro atoms. The number of hydrogen-bond donors (Lipinski definition) is 2. The Morgan fingerprint density at radius 2 is 1.82 bits per heavy atom. The average Bonchev–Trinajstić information content (AvgIpc) is 2.90. The minimum absolute atomic E-state index is 0.0646. The number of carbonyl (C=O) groups is 2. The number of hydrogen-bond acceptors (Lipinski definition) is 8. The number of ether oxygens (including phenoxy) is 1. The molecule has 3 aromatic rings. The molecule has 0 atom stereocenters. The molecule has 4 rings (SSSR count). The van der Waals surface area contributed by atoms with Gasteiger partial charge in [-0.3, -0.25) is 4.79 Å². The number of anilines is 2. The van der Waals surface area contributed by atoms with Crippen molar-refractivity contribution in [3.63, 3.8) is 0 Å². The van der Waals surface area contributed by atoms with Crippen molar-refractivity contribution in [3.8, 4) is 5.75 Å². The maximum absolute atomic E-state index is 13.7. The maximum atomic E-state index is 13.7. The van der Waals surface area contributed by atoms with Crippen LogP contribution in [0.15, 0.2) is 36.5 Å². The van der Waals surface area contributed by atoms with Crippen LogP contribution in [0.5, 0.6) is 5.75 Å². The molecule has 2 N–H and O–H groups in total. The number of amides is 1. The van der Waals surface area contributed by atoms with E-state index < -0.39 is 11.5 Å². The van der Waals surface area contributed by atoms with Gasteiger partial charge in [0.1, 0.15) is 23.1 Å². The Morgan fingerprint density at radius 1 is 1.12 bits per heavy atom. The lowest BCUT2D eigenvalue weighted by Gasteiger charge is -2.47. The lowest BCUT2D eigenvalue weighted by Crippen LogP contribution is -2.61. The molecule has 2 aromatic heterocycles. The average molecular weight is 547 g/mol. The molecule has 3 heterocycles. The molecular formula is C30H38N6O4. The molecule has 0 bridgehead atoms. The third kappa shape index (κ3) is 6.00. The normalized spacial score (nSPS) is 14.8. The number of carboxylic acids is 1. The number of benzene rings is 1. The molecule has 0 radical (unpaired) electrons. The van der Waals surface area contributed by atoms with Gasteiger partial charge < -0.3 is 25.0 Å². The fraction of sp³-hybridized carbons (Fsp3) is 0.433. The number of aromatic nitrogens is 3. The zero-order valence-electron chi connectivity index (χ0n) is 24.3. The molecule has 1 aliphatic rings. The zero-order chi connectivity index (χ0) is 29.2. The first-order chi connectivity index (χ1) is 18.9. The van der Waals surface area contributed by atoms with E-state index in [0.717, 1.165) is 17.0 Å². The van der Waals surface area contributed by atoms with Crippen LogP contribution in [0.3, 0.4) is 0 Å². The number of nitrogens with one attached hydrogen (secondary N) is 1. The Morgan fingerprint density at radius 3 is 2.40 bits per heavy atom. The summed E-state index contributed by atoms with van der Waals surface area (Å²) in [5, 5.41) is 12.9. The van der Waals surface area contributed by atoms with Gasteiger partial charge in [0.15, 0.2) is 0 Å². The summed E-state index contributed by atoms with van der Waals surface area (Å²) in [6.07, 6.45) is 1.55. The zero-order valence-corrected chi connectivity index (χ0v) is 24.3. The first kappa shape index (κ1) is 28.8. The largest absolute Gasteiger partial charge is 0.497 e. The summed E-state index contributed by atoms with van der Waals surface area (Å²) < 4.78 is 5.23. The monoisotopic (exact) mass is 546 g/mol. The van der Waals surface area contributed by atoms with Crippen LogP contribution in [-0.2, 0) is 6.54 Å². The summed E-state index contributed by atoms with van der Waals surface area (Å²) >= 11 is 0. The minimum Gasteiger partial charge on any atom is -0.497 e. The molecule has 40 heavy (non-hydrogen) atoms. The topological polar surface area (TPSA) is 121 Å². The number of piperazine rings is 1. The Balaban J connectivity index is 1.50. The number of methoxy groups -OCH3 is 1. The highest BCUT2D eigenvalue weighted by Crippen LogP contribution is 2.29. The van der Waals surface area contributed by atoms with E-state index in [0.29, 0.717) is 54.8 Å². The second kappa shape index (κ2) is 11.5. The molecule has 0 unspecified atom stereocenters. The summed E-state index contributed by atoms with van der Waals surface area (Å²) in [5.41, 5.74) is 3.00. The van der Waals surface area contributed by atoms with Crippen molar-refractivity contribution in [2.75, 3.05) is 37.0 Å². The fourth-order valence-corrected chi connectivity index (χ4v) is 5.14. The van der Waals surface area contributed by atoms with E-state index in [4.69, 9.17) is 9.72 Å². The lowest BCUT2D eigenvalue weighted by molar-refractivity contribution is 0.0506. The van der Waals surface area contributed by atoms with Crippen molar-refractivity contribution in [1.29, 1.82) is 0 Å². The lowest BCUT2D eigenvalue weighted by atomic mass is 9.97. The molecule has 212 valence electrons. The second-order valence-corrected chi connectivity index (χ2v) is 11.1. The van der Waals surface area contributed by atoms with E-state index in [9.17, 15) is 14.7 Å². The Labute approximate surface area is 235 Å². The molecule has 1 amide bonds. The van der Waals surface area contributed by atoms with Crippen molar-refractivity contribution in [1.82, 2.24) is 19.9 Å². The van der Waals surface area contributed by atoms with Crippen LogP contribution in [0.4, 0.5) is 11.6 Å². The van der Waals surface area contributed by atoms with E-state index in [1.165, 1.54) is 0 Å². The van der Waals surface area contributed by atoms with E-state index >= 15 is 0 Å². The van der Waals surface area contributed by atoms with Gasteiger partial charge in [-0.15, -0.1) is 0 Å². The van der Waals surface area contributed by atoms with E-state index in [-0.39, 0.29) is 17.4 Å². The van der Waals surface area contributed by atoms with Crippen molar-refractivity contribution in [2.45, 2.75) is 59.5 Å². The first-order valence-electron chi connectivity index (χ1n) is 13.4. The van der Waals surface area contributed by atoms with Gasteiger partial charge in [-0.2, -0.15) is 0 Å². The van der Waals surface area contributed by atoms with Crippen LogP contribution < -0.4 is 15.0 Å². The highest BCUT2D eigenvalue weighted by atomic mass is 16.5. The van der Waals surface area contributed by atoms with Gasteiger partial charge in [-0.05, 0) is 62.9 Å². The van der Waals surface area contributed by atoms with Crippen LogP contribution in [0, 0.1) is 13.8 Å². The van der Waals surface area contributed by atoms with Crippen LogP contribution in [0.25, 0.3) is 0 Å². The first-order valence-corrected chi connectivity index (χ1v) is 13.4. The van der Waals surface area contributed by atoms with Crippen LogP contribution >= 0.6 is 0 Å². The van der Waals surface area contributed by atoms with Gasteiger partial charge in [0.05, 0.1) is 35.8 Å².